The van der Waals surface area contributed by atoms with Gasteiger partial charge in [0.05, 0.1) is 25.3 Å². The lowest BCUT2D eigenvalue weighted by Crippen LogP contribution is -2.76. The number of benzene rings is 2. The fourth-order valence-electron chi connectivity index (χ4n) is 12.9. The van der Waals surface area contributed by atoms with Gasteiger partial charge in [-0.05, 0) is 94.1 Å². The molecule has 8 heterocycles. The number of hydrogen-bond donors (Lipinski definition) is 0. The highest BCUT2D eigenvalue weighted by molar-refractivity contribution is 5.86. The molecule has 1 aromatic heterocycles. The van der Waals surface area contributed by atoms with Crippen molar-refractivity contribution in [1.82, 2.24) is 14.4 Å². The van der Waals surface area contributed by atoms with Crippen LogP contribution in [-0.2, 0) is 27.7 Å². The second-order valence-electron chi connectivity index (χ2n) is 16.2. The number of rotatable bonds is 4. The van der Waals surface area contributed by atoms with E-state index in [0.29, 0.717) is 41.8 Å². The minimum Gasteiger partial charge on any atom is -0.467 e. The van der Waals surface area contributed by atoms with Crippen LogP contribution in [0.5, 0.6) is 0 Å². The Balaban J connectivity index is 1.03. The quantitative estimate of drug-likeness (QED) is 0.253. The Morgan fingerprint density at radius 2 is 1.90 bits per heavy atom. The summed E-state index contributed by atoms with van der Waals surface area (Å²) in [7, 11) is 6.25. The van der Waals surface area contributed by atoms with E-state index in [9.17, 15) is 4.79 Å². The van der Waals surface area contributed by atoms with E-state index in [1.165, 1.54) is 34.1 Å². The number of aryl methyl sites for hydroxylation is 1. The Bertz CT molecular complexity index is 1830. The number of piperidine rings is 4. The van der Waals surface area contributed by atoms with E-state index in [0.717, 1.165) is 58.4 Å². The van der Waals surface area contributed by atoms with Crippen molar-refractivity contribution < 1.29 is 14.3 Å². The average molecular weight is 647 g/mol. The van der Waals surface area contributed by atoms with Gasteiger partial charge < -0.3 is 18.9 Å². The first-order valence-electron chi connectivity index (χ1n) is 18.7. The van der Waals surface area contributed by atoms with Crippen LogP contribution in [0.25, 0.3) is 10.9 Å². The Kier molecular flexibility index (Phi) is 6.62. The largest absolute Gasteiger partial charge is 0.467 e. The third-order valence-corrected chi connectivity index (χ3v) is 14.9. The third kappa shape index (κ3) is 3.73. The molecule has 0 N–H and O–H groups in total. The van der Waals surface area contributed by atoms with E-state index in [-0.39, 0.29) is 23.5 Å². The predicted molar refractivity (Wildman–Crippen MR) is 188 cm³/mol. The van der Waals surface area contributed by atoms with Gasteiger partial charge in [-0.25, -0.2) is 4.79 Å². The van der Waals surface area contributed by atoms with Gasteiger partial charge >= 0.3 is 5.97 Å². The molecular formula is C41H50N4O3. The summed E-state index contributed by atoms with van der Waals surface area (Å²) in [5.74, 6) is 2.30. The number of anilines is 1. The van der Waals surface area contributed by atoms with Crippen LogP contribution in [0.3, 0.4) is 0 Å². The molecule has 7 nitrogen and oxygen atoms in total. The highest BCUT2D eigenvalue weighted by atomic mass is 16.5. The van der Waals surface area contributed by atoms with Crippen LogP contribution in [-0.4, -0.2) is 84.5 Å². The third-order valence-electron chi connectivity index (χ3n) is 14.9. The summed E-state index contributed by atoms with van der Waals surface area (Å²) in [5.41, 5.74) is 8.53. The highest BCUT2D eigenvalue weighted by Crippen LogP contribution is 2.63. The fourth-order valence-corrected chi connectivity index (χ4v) is 12.9. The van der Waals surface area contributed by atoms with Crippen LogP contribution in [0.2, 0.25) is 0 Å². The summed E-state index contributed by atoms with van der Waals surface area (Å²) in [4.78, 5) is 22.1. The SMILES string of the molecule is C/C=C1\CN2CCC3c4ccccc4N4C(C(=O)OC)C1CC2C34CCC1COCC2C1CC1c3c(c4ccccc4n3C)CC2N1C. The molecule has 10 atom stereocenters. The average Bonchev–Trinajstić information content (AvgIpc) is 3.56. The maximum atomic E-state index is 13.9. The normalized spacial score (nSPS) is 38.9. The van der Waals surface area contributed by atoms with Crippen LogP contribution < -0.4 is 4.90 Å². The van der Waals surface area contributed by atoms with Gasteiger partial charge in [-0.2, -0.15) is 0 Å². The first-order valence-corrected chi connectivity index (χ1v) is 18.7. The molecule has 5 fully saturated rings. The van der Waals surface area contributed by atoms with Gasteiger partial charge in [0.2, 0.25) is 0 Å². The molecule has 7 aliphatic rings. The Morgan fingerprint density at radius 1 is 1.06 bits per heavy atom. The molecule has 48 heavy (non-hydrogen) atoms. The first kappa shape index (κ1) is 29.8. The molecule has 0 saturated carbocycles. The zero-order chi connectivity index (χ0) is 32.5. The van der Waals surface area contributed by atoms with E-state index in [2.05, 4.69) is 94.9 Å². The molecule has 10 unspecified atom stereocenters. The number of likely N-dealkylation sites (N-methyl/N-ethyl adjacent to an activating group) is 1. The molecule has 0 aliphatic carbocycles. The van der Waals surface area contributed by atoms with Crippen molar-refractivity contribution in [2.75, 3.05) is 45.4 Å². The molecule has 0 radical (unpaired) electrons. The second-order valence-corrected chi connectivity index (χ2v) is 16.2. The number of esters is 1. The van der Waals surface area contributed by atoms with Gasteiger partial charge in [0.15, 0.2) is 0 Å². The van der Waals surface area contributed by atoms with E-state index >= 15 is 0 Å². The van der Waals surface area contributed by atoms with Crippen molar-refractivity contribution in [3.8, 4) is 0 Å². The Labute approximate surface area is 284 Å². The number of methoxy groups -OCH3 is 1. The molecule has 0 spiro atoms. The van der Waals surface area contributed by atoms with Crippen LogP contribution in [0.1, 0.15) is 67.8 Å². The van der Waals surface area contributed by atoms with Gasteiger partial charge in [-0.15, -0.1) is 0 Å². The van der Waals surface area contributed by atoms with Gasteiger partial charge in [0.25, 0.3) is 0 Å². The number of carbonyl (C=O) groups is 1. The van der Waals surface area contributed by atoms with E-state index < -0.39 is 0 Å². The predicted octanol–water partition coefficient (Wildman–Crippen LogP) is 6.08. The topological polar surface area (TPSA) is 50.2 Å². The molecule has 2 aromatic carbocycles. The number of carbonyl (C=O) groups excluding carboxylic acids is 1. The molecule has 7 heteroatoms. The molecule has 0 amide bonds. The summed E-state index contributed by atoms with van der Waals surface area (Å²) >= 11 is 0. The fraction of sp³-hybridized carbons (Fsp3) is 0.585. The van der Waals surface area contributed by atoms with E-state index in [1.54, 1.807) is 18.4 Å². The Morgan fingerprint density at radius 3 is 2.75 bits per heavy atom. The monoisotopic (exact) mass is 646 g/mol. The molecule has 4 bridgehead atoms. The van der Waals surface area contributed by atoms with Gasteiger partial charge in [0, 0.05) is 72.3 Å². The minimum absolute atomic E-state index is 0.0679. The lowest BCUT2D eigenvalue weighted by molar-refractivity contribution is -0.147. The van der Waals surface area contributed by atoms with Gasteiger partial charge in [-0.1, -0.05) is 48.0 Å². The summed E-state index contributed by atoms with van der Waals surface area (Å²) < 4.78 is 14.7. The molecule has 3 aromatic rings. The lowest BCUT2D eigenvalue weighted by Gasteiger charge is -2.65. The summed E-state index contributed by atoms with van der Waals surface area (Å²) in [6.45, 7) is 6.02. The number of allylic oxidation sites excluding steroid dienone is 1. The highest BCUT2D eigenvalue weighted by Gasteiger charge is 2.67. The number of para-hydroxylation sites is 2. The number of hydrogen-bond acceptors (Lipinski definition) is 6. The zero-order valence-electron chi connectivity index (χ0n) is 29.0. The summed E-state index contributed by atoms with van der Waals surface area (Å²) in [6.07, 6.45) is 9.04. The second kappa shape index (κ2) is 10.7. The van der Waals surface area contributed by atoms with Crippen molar-refractivity contribution >= 4 is 22.6 Å². The zero-order valence-corrected chi connectivity index (χ0v) is 29.0. The first-order chi connectivity index (χ1) is 23.5. The number of aromatic nitrogens is 1. The smallest absolute Gasteiger partial charge is 0.329 e. The van der Waals surface area contributed by atoms with Crippen molar-refractivity contribution in [3.05, 3.63) is 77.0 Å². The van der Waals surface area contributed by atoms with Crippen molar-refractivity contribution in [2.24, 2.45) is 30.7 Å². The molecule has 10 rings (SSSR count). The number of nitrogens with zero attached hydrogens (tertiary/aromatic N) is 4. The minimum atomic E-state index is -0.271. The van der Waals surface area contributed by atoms with Crippen molar-refractivity contribution in [1.29, 1.82) is 0 Å². The van der Waals surface area contributed by atoms with Gasteiger partial charge in [0.1, 0.15) is 6.04 Å². The number of fused-ring (bicyclic) bond motifs is 12. The van der Waals surface area contributed by atoms with Crippen molar-refractivity contribution in [3.63, 3.8) is 0 Å². The molecule has 252 valence electrons. The van der Waals surface area contributed by atoms with Crippen LogP contribution >= 0.6 is 0 Å². The molecule has 5 saturated heterocycles. The summed E-state index contributed by atoms with van der Waals surface area (Å²) in [6, 6.07) is 19.2. The summed E-state index contributed by atoms with van der Waals surface area (Å²) in [5, 5.41) is 1.44. The standard InChI is InChI=1S/C41H50N4O3/c1-5-24-21-44-17-15-32-27-11-7-9-13-34(27)45-39(40(46)47-4)29(24)20-37(44)41(32,45)16-14-25-22-48-23-31-28(25)18-36-38-30(19-35(31)42(36)2)26-10-6-8-12-33(26)43(38)3/h5-13,25,28-29,31-32,35-37,39H,14-23H2,1-4H3/b24-5+. The maximum absolute atomic E-state index is 13.9. The van der Waals surface area contributed by atoms with Crippen LogP contribution in [0.15, 0.2) is 60.2 Å². The lowest BCUT2D eigenvalue weighted by atomic mass is 9.59. The van der Waals surface area contributed by atoms with Gasteiger partial charge in [-0.3, -0.25) is 9.80 Å². The van der Waals surface area contributed by atoms with E-state index in [1.807, 2.05) is 0 Å². The van der Waals surface area contributed by atoms with Crippen molar-refractivity contribution in [2.45, 2.75) is 81.1 Å². The van der Waals surface area contributed by atoms with Crippen LogP contribution in [0, 0.1) is 23.7 Å². The number of ether oxygens (including phenoxy) is 2. The van der Waals surface area contributed by atoms with Crippen LogP contribution in [0.4, 0.5) is 5.69 Å². The maximum Gasteiger partial charge on any atom is 0.329 e. The molecular weight excluding hydrogens is 596 g/mol. The molecule has 7 aliphatic heterocycles. The Hall–Kier alpha value is -3.13. The van der Waals surface area contributed by atoms with E-state index in [4.69, 9.17) is 9.47 Å².